The van der Waals surface area contributed by atoms with E-state index in [0.717, 1.165) is 11.3 Å². The van der Waals surface area contributed by atoms with E-state index >= 15 is 0 Å². The molecule has 19 heavy (non-hydrogen) atoms. The van der Waals surface area contributed by atoms with Crippen LogP contribution in [-0.4, -0.2) is 24.8 Å². The molecule has 0 aliphatic heterocycles. The summed E-state index contributed by atoms with van der Waals surface area (Å²) < 4.78 is 10.1. The summed E-state index contributed by atoms with van der Waals surface area (Å²) in [5.74, 6) is -0.256. The summed E-state index contributed by atoms with van der Waals surface area (Å²) in [5.41, 5.74) is 0. The number of rotatable bonds is 7. The van der Waals surface area contributed by atoms with E-state index in [1.165, 1.54) is 11.8 Å². The van der Waals surface area contributed by atoms with Crippen LogP contribution in [0.1, 0.15) is 26.2 Å². The van der Waals surface area contributed by atoms with Crippen molar-refractivity contribution in [2.45, 2.75) is 31.1 Å². The van der Waals surface area contributed by atoms with Gasteiger partial charge in [0.1, 0.15) is 5.75 Å². The molecule has 0 aromatic heterocycles. The minimum atomic E-state index is -0.421. The molecule has 0 fully saturated rings. The number of esters is 2. The lowest BCUT2D eigenvalue weighted by molar-refractivity contribution is -0.147. The largest absolute Gasteiger partial charge is 0.466 e. The van der Waals surface area contributed by atoms with Crippen LogP contribution in [0.3, 0.4) is 0 Å². The highest BCUT2D eigenvalue weighted by Crippen LogP contribution is 2.27. The Labute approximate surface area is 117 Å². The third-order valence-corrected chi connectivity index (χ3v) is 3.07. The van der Waals surface area contributed by atoms with E-state index in [2.05, 4.69) is 0 Å². The Morgan fingerprint density at radius 3 is 2.53 bits per heavy atom. The third kappa shape index (κ3) is 5.79. The lowest BCUT2D eigenvalue weighted by Crippen LogP contribution is -2.13. The van der Waals surface area contributed by atoms with E-state index in [0.29, 0.717) is 12.4 Å². The molecule has 0 saturated carbocycles. The highest BCUT2D eigenvalue weighted by molar-refractivity contribution is 7.98. The van der Waals surface area contributed by atoms with Crippen molar-refractivity contribution in [3.8, 4) is 5.75 Å². The zero-order valence-corrected chi connectivity index (χ0v) is 12.0. The number of para-hydroxylation sites is 1. The van der Waals surface area contributed by atoms with Crippen LogP contribution in [0.2, 0.25) is 0 Å². The van der Waals surface area contributed by atoms with Gasteiger partial charge < -0.3 is 9.47 Å². The zero-order chi connectivity index (χ0) is 14.1. The van der Waals surface area contributed by atoms with Gasteiger partial charge in [0.2, 0.25) is 0 Å². The third-order valence-electron chi connectivity index (χ3n) is 2.29. The number of carbonyl (C=O) groups is 2. The van der Waals surface area contributed by atoms with Crippen molar-refractivity contribution in [2.75, 3.05) is 12.9 Å². The van der Waals surface area contributed by atoms with Gasteiger partial charge in [0, 0.05) is 4.90 Å². The molecule has 0 amide bonds. The van der Waals surface area contributed by atoms with Gasteiger partial charge in [0.25, 0.3) is 0 Å². The van der Waals surface area contributed by atoms with Gasteiger partial charge in [-0.05, 0) is 24.8 Å². The summed E-state index contributed by atoms with van der Waals surface area (Å²) >= 11 is 1.50. The van der Waals surface area contributed by atoms with Crippen molar-refractivity contribution in [3.05, 3.63) is 24.3 Å². The summed E-state index contributed by atoms with van der Waals surface area (Å²) in [6.45, 7) is 2.31. The maximum Gasteiger partial charge on any atom is 0.311 e. The SMILES string of the molecule is CCCOC(=O)CCC(=O)Oc1ccccc1SC. The van der Waals surface area contributed by atoms with Crippen molar-refractivity contribution >= 4 is 23.7 Å². The number of hydrogen-bond acceptors (Lipinski definition) is 5. The van der Waals surface area contributed by atoms with Crippen LogP contribution >= 0.6 is 11.8 Å². The van der Waals surface area contributed by atoms with E-state index in [4.69, 9.17) is 9.47 Å². The molecule has 0 heterocycles. The van der Waals surface area contributed by atoms with E-state index in [-0.39, 0.29) is 18.8 Å². The molecule has 0 saturated heterocycles. The van der Waals surface area contributed by atoms with Crippen LogP contribution in [0.5, 0.6) is 5.75 Å². The number of hydrogen-bond donors (Lipinski definition) is 0. The molecule has 1 aromatic rings. The fourth-order valence-corrected chi connectivity index (χ4v) is 1.89. The van der Waals surface area contributed by atoms with Crippen LogP contribution in [0.15, 0.2) is 29.2 Å². The van der Waals surface area contributed by atoms with Gasteiger partial charge in [0.05, 0.1) is 19.4 Å². The highest BCUT2D eigenvalue weighted by atomic mass is 32.2. The Hall–Kier alpha value is -1.49. The summed E-state index contributed by atoms with van der Waals surface area (Å²) in [6, 6.07) is 7.30. The molecular weight excluding hydrogens is 264 g/mol. The first-order chi connectivity index (χ1) is 9.17. The lowest BCUT2D eigenvalue weighted by Gasteiger charge is -2.08. The molecule has 0 spiro atoms. The van der Waals surface area contributed by atoms with E-state index < -0.39 is 5.97 Å². The second kappa shape index (κ2) is 8.58. The van der Waals surface area contributed by atoms with Gasteiger partial charge >= 0.3 is 11.9 Å². The second-order valence-corrected chi connectivity index (χ2v) is 4.69. The van der Waals surface area contributed by atoms with Crippen molar-refractivity contribution in [1.29, 1.82) is 0 Å². The average molecular weight is 282 g/mol. The Morgan fingerprint density at radius 1 is 1.16 bits per heavy atom. The predicted molar refractivity (Wildman–Crippen MR) is 74.3 cm³/mol. The van der Waals surface area contributed by atoms with Crippen LogP contribution in [0.25, 0.3) is 0 Å². The molecular formula is C14H18O4S. The lowest BCUT2D eigenvalue weighted by atomic mass is 10.3. The summed E-state index contributed by atoms with van der Waals surface area (Å²) in [4.78, 5) is 23.8. The van der Waals surface area contributed by atoms with Gasteiger partial charge in [-0.1, -0.05) is 19.1 Å². The molecule has 0 N–H and O–H groups in total. The molecule has 0 atom stereocenters. The standard InChI is InChI=1S/C14H18O4S/c1-3-10-17-13(15)8-9-14(16)18-11-6-4-5-7-12(11)19-2/h4-7H,3,8-10H2,1-2H3. The van der Waals surface area contributed by atoms with Crippen molar-refractivity contribution < 1.29 is 19.1 Å². The fraction of sp³-hybridized carbons (Fsp3) is 0.429. The normalized spacial score (nSPS) is 10.0. The quantitative estimate of drug-likeness (QED) is 0.437. The minimum absolute atomic E-state index is 0.0330. The summed E-state index contributed by atoms with van der Waals surface area (Å²) in [6.07, 6.45) is 2.78. The van der Waals surface area contributed by atoms with E-state index in [1.807, 2.05) is 25.3 Å². The first kappa shape index (κ1) is 15.6. The molecule has 1 rings (SSSR count). The topological polar surface area (TPSA) is 52.6 Å². The molecule has 0 bridgehead atoms. The molecule has 5 heteroatoms. The number of ether oxygens (including phenoxy) is 2. The van der Waals surface area contributed by atoms with Gasteiger partial charge in [-0.25, -0.2) is 0 Å². The summed E-state index contributed by atoms with van der Waals surface area (Å²) in [5, 5.41) is 0. The smallest absolute Gasteiger partial charge is 0.311 e. The molecule has 4 nitrogen and oxygen atoms in total. The Kier molecular flexibility index (Phi) is 7.03. The Morgan fingerprint density at radius 2 is 1.84 bits per heavy atom. The fourth-order valence-electron chi connectivity index (χ4n) is 1.37. The maximum absolute atomic E-state index is 11.6. The van der Waals surface area contributed by atoms with E-state index in [1.54, 1.807) is 12.1 Å². The van der Waals surface area contributed by atoms with Crippen molar-refractivity contribution in [3.63, 3.8) is 0 Å². The van der Waals surface area contributed by atoms with Gasteiger partial charge in [-0.15, -0.1) is 11.8 Å². The molecule has 0 aliphatic carbocycles. The van der Waals surface area contributed by atoms with Crippen LogP contribution in [0.4, 0.5) is 0 Å². The zero-order valence-electron chi connectivity index (χ0n) is 11.2. The van der Waals surface area contributed by atoms with Gasteiger partial charge in [-0.2, -0.15) is 0 Å². The molecule has 1 aromatic carbocycles. The van der Waals surface area contributed by atoms with Crippen LogP contribution in [-0.2, 0) is 14.3 Å². The van der Waals surface area contributed by atoms with Gasteiger partial charge in [0.15, 0.2) is 0 Å². The van der Waals surface area contributed by atoms with Crippen LogP contribution in [0, 0.1) is 0 Å². The molecule has 0 unspecified atom stereocenters. The Bertz CT molecular complexity index is 431. The summed E-state index contributed by atoms with van der Waals surface area (Å²) in [7, 11) is 0. The monoisotopic (exact) mass is 282 g/mol. The number of carbonyl (C=O) groups excluding carboxylic acids is 2. The average Bonchev–Trinajstić information content (AvgIpc) is 2.43. The Balaban J connectivity index is 2.41. The minimum Gasteiger partial charge on any atom is -0.466 e. The van der Waals surface area contributed by atoms with Crippen molar-refractivity contribution in [1.82, 2.24) is 0 Å². The maximum atomic E-state index is 11.6. The number of benzene rings is 1. The highest BCUT2D eigenvalue weighted by Gasteiger charge is 2.11. The first-order valence-corrected chi connectivity index (χ1v) is 7.39. The van der Waals surface area contributed by atoms with Crippen LogP contribution < -0.4 is 4.74 Å². The predicted octanol–water partition coefficient (Wildman–Crippen LogP) is 3.05. The molecule has 104 valence electrons. The first-order valence-electron chi connectivity index (χ1n) is 6.16. The van der Waals surface area contributed by atoms with Gasteiger partial charge in [-0.3, -0.25) is 9.59 Å². The van der Waals surface area contributed by atoms with E-state index in [9.17, 15) is 9.59 Å². The molecule has 0 radical (unpaired) electrons. The number of thioether (sulfide) groups is 1. The molecule has 0 aliphatic rings. The second-order valence-electron chi connectivity index (χ2n) is 3.85. The van der Waals surface area contributed by atoms with Crippen molar-refractivity contribution in [2.24, 2.45) is 0 Å².